The molecule has 0 spiro atoms. The molecule has 2 heterocycles. The molecule has 2 fully saturated rings. The van der Waals surface area contributed by atoms with Crippen LogP contribution in [-0.2, 0) is 33.6 Å². The lowest BCUT2D eigenvalue weighted by Crippen LogP contribution is -3.00. The Morgan fingerprint density at radius 3 is 1.94 bits per heavy atom. The van der Waals surface area contributed by atoms with Gasteiger partial charge in [-0.05, 0) is 77.1 Å². The van der Waals surface area contributed by atoms with Gasteiger partial charge in [-0.1, -0.05) is 90.4 Å². The number of rotatable bonds is 27. The Bertz CT molecular complexity index is 2070. The number of halogens is 1. The second-order valence-electron chi connectivity index (χ2n) is 19.3. The van der Waals surface area contributed by atoms with Gasteiger partial charge in [0, 0.05) is 84.3 Å². The highest BCUT2D eigenvalue weighted by Crippen LogP contribution is 2.47. The van der Waals surface area contributed by atoms with E-state index in [0.29, 0.717) is 60.4 Å². The van der Waals surface area contributed by atoms with E-state index in [0.717, 1.165) is 13.0 Å². The predicted octanol–water partition coefficient (Wildman–Crippen LogP) is 1.46. The van der Waals surface area contributed by atoms with Crippen LogP contribution in [0.25, 0.3) is 0 Å². The number of benzene rings is 2. The number of primary amides is 1. The Morgan fingerprint density at radius 1 is 0.794 bits per heavy atom. The van der Waals surface area contributed by atoms with Gasteiger partial charge in [0.25, 0.3) is 11.8 Å². The van der Waals surface area contributed by atoms with Crippen LogP contribution in [0.2, 0.25) is 0 Å². The predicted molar refractivity (Wildman–Crippen MR) is 251 cm³/mol. The Kier molecular flexibility index (Phi) is 21.6. The maximum atomic E-state index is 14.6. The monoisotopic (exact) mass is 967 g/mol. The highest BCUT2D eigenvalue weighted by atomic mass is 35.5. The lowest BCUT2D eigenvalue weighted by molar-refractivity contribution is -0.220. The van der Waals surface area contributed by atoms with Gasteiger partial charge in [0.2, 0.25) is 23.6 Å². The molecule has 4 rings (SSSR count). The first-order valence-electron chi connectivity index (χ1n) is 23.7. The number of unbranched alkanes of at least 4 members (excludes halogenated alkanes) is 2. The number of amides is 6. The van der Waals surface area contributed by atoms with Crippen LogP contribution < -0.4 is 34.1 Å². The molecule has 6 amide bonds. The number of hydroxylamine groups is 2. The van der Waals surface area contributed by atoms with Gasteiger partial charge in [-0.3, -0.25) is 38.5 Å². The zero-order valence-corrected chi connectivity index (χ0v) is 41.6. The standard InChI is InChI=1S/C50H73N7O10.ClH/c1-8-34(43(51)62)31-49(5,45(64)54-29-16-28-52-44(63)37-22-20-36(21-23-37)42(61)35-17-12-10-13-18-35)33-50(6,32-48(3,4)47(66)56-30-26-38(56)55(7)9-2)46(65)53-27-15-11-14-19-41(60)67-57-39(58)24-25-40(57)59;/h10,12-13,17-18,20-23,34,38-39,58H,8-9,11,14-16,19,24-33H2,1-7H3,(H2,51,62)(H,52,63)(H,53,65)(H,54,64);1H/p-1. The van der Waals surface area contributed by atoms with Crippen molar-refractivity contribution in [2.24, 2.45) is 27.9 Å². The third kappa shape index (κ3) is 15.3. The zero-order chi connectivity index (χ0) is 49.5. The van der Waals surface area contributed by atoms with E-state index >= 15 is 0 Å². The van der Waals surface area contributed by atoms with Crippen LogP contribution in [0.5, 0.6) is 0 Å². The van der Waals surface area contributed by atoms with Crippen LogP contribution in [0, 0.1) is 22.2 Å². The second kappa shape index (κ2) is 25.8. The van der Waals surface area contributed by atoms with Gasteiger partial charge in [0.15, 0.2) is 12.0 Å². The van der Waals surface area contributed by atoms with E-state index in [4.69, 9.17) is 10.6 Å². The summed E-state index contributed by atoms with van der Waals surface area (Å²) in [5.41, 5.74) is 3.57. The number of hydrogen-bond donors (Lipinski definition) is 5. The fraction of sp³-hybridized carbons (Fsp3) is 0.600. The molecule has 0 radical (unpaired) electrons. The summed E-state index contributed by atoms with van der Waals surface area (Å²) >= 11 is 0. The van der Waals surface area contributed by atoms with Crippen LogP contribution in [0.1, 0.15) is 145 Å². The van der Waals surface area contributed by atoms with E-state index in [-0.39, 0.29) is 100 Å². The van der Waals surface area contributed by atoms with Gasteiger partial charge >= 0.3 is 5.97 Å². The lowest BCUT2D eigenvalue weighted by atomic mass is 9.62. The summed E-state index contributed by atoms with van der Waals surface area (Å²) in [5.74, 6) is -3.72. The molecule has 17 nitrogen and oxygen atoms in total. The molecule has 2 aromatic carbocycles. The number of aliphatic hydroxyl groups excluding tert-OH is 1. The molecule has 2 saturated heterocycles. The van der Waals surface area contributed by atoms with Crippen molar-refractivity contribution in [3.05, 3.63) is 71.3 Å². The van der Waals surface area contributed by atoms with E-state index in [1.54, 1.807) is 62.4 Å². The van der Waals surface area contributed by atoms with Crippen molar-refractivity contribution in [1.82, 2.24) is 30.8 Å². The first-order chi connectivity index (χ1) is 31.7. The van der Waals surface area contributed by atoms with Gasteiger partial charge in [-0.2, -0.15) is 0 Å². The molecule has 0 bridgehead atoms. The molecule has 2 aliphatic heterocycles. The summed E-state index contributed by atoms with van der Waals surface area (Å²) in [5, 5.41) is 19.5. The number of nitrogens with zero attached hydrogens (tertiary/aromatic N) is 3. The number of nitrogens with two attached hydrogens (primary N) is 1. The first-order valence-corrected chi connectivity index (χ1v) is 23.7. The maximum Gasteiger partial charge on any atom is 0.332 e. The number of aliphatic hydroxyl groups is 1. The molecule has 376 valence electrons. The van der Waals surface area contributed by atoms with Gasteiger partial charge in [-0.25, -0.2) is 4.79 Å². The van der Waals surface area contributed by atoms with Crippen molar-refractivity contribution in [1.29, 1.82) is 0 Å². The molecule has 0 aliphatic carbocycles. The van der Waals surface area contributed by atoms with Crippen molar-refractivity contribution in [3.8, 4) is 0 Å². The van der Waals surface area contributed by atoms with Crippen molar-refractivity contribution in [2.75, 3.05) is 39.8 Å². The average molecular weight is 968 g/mol. The molecule has 2 aromatic rings. The molecular weight excluding hydrogens is 894 g/mol. The topological polar surface area (TPSA) is 238 Å². The van der Waals surface area contributed by atoms with Crippen LogP contribution in [0.4, 0.5) is 0 Å². The average Bonchev–Trinajstić information content (AvgIpc) is 3.60. The third-order valence-corrected chi connectivity index (χ3v) is 13.2. The van der Waals surface area contributed by atoms with Crippen LogP contribution >= 0.6 is 0 Å². The molecular formula is C50H73ClN7O10-. The normalized spacial score (nSPS) is 18.0. The molecule has 0 saturated carbocycles. The molecule has 18 heteroatoms. The maximum absolute atomic E-state index is 14.6. The number of likely N-dealkylation sites (tertiary alicyclic amines) is 1. The fourth-order valence-corrected chi connectivity index (χ4v) is 9.28. The van der Waals surface area contributed by atoms with Gasteiger partial charge < -0.3 is 48.9 Å². The van der Waals surface area contributed by atoms with Crippen molar-refractivity contribution >= 4 is 47.2 Å². The second-order valence-corrected chi connectivity index (χ2v) is 19.3. The Balaban J connectivity index is 0.0000122. The van der Waals surface area contributed by atoms with Crippen molar-refractivity contribution in [2.45, 2.75) is 131 Å². The summed E-state index contributed by atoms with van der Waals surface area (Å²) in [4.78, 5) is 115. The molecule has 68 heavy (non-hydrogen) atoms. The number of nitrogens with one attached hydrogen (secondary N) is 3. The zero-order valence-electron chi connectivity index (χ0n) is 40.9. The van der Waals surface area contributed by atoms with Gasteiger partial charge in [-0.15, -0.1) is 5.06 Å². The number of carbonyl (C=O) groups is 8. The number of ketones is 1. The highest BCUT2D eigenvalue weighted by Gasteiger charge is 2.51. The largest absolute Gasteiger partial charge is 1.00 e. The summed E-state index contributed by atoms with van der Waals surface area (Å²) in [6, 6.07) is 15.2. The van der Waals surface area contributed by atoms with E-state index in [9.17, 15) is 43.5 Å². The van der Waals surface area contributed by atoms with E-state index in [1.807, 2.05) is 45.7 Å². The minimum Gasteiger partial charge on any atom is -1.00 e. The van der Waals surface area contributed by atoms with E-state index in [1.165, 1.54) is 0 Å². The van der Waals surface area contributed by atoms with Gasteiger partial charge in [0.05, 0.1) is 6.17 Å². The molecule has 5 unspecified atom stereocenters. The van der Waals surface area contributed by atoms with Crippen LogP contribution in [0.3, 0.4) is 0 Å². The minimum absolute atomic E-state index is 0. The summed E-state index contributed by atoms with van der Waals surface area (Å²) in [6.07, 6.45) is 2.19. The molecule has 2 aliphatic rings. The van der Waals surface area contributed by atoms with Crippen molar-refractivity contribution < 1.29 is 60.7 Å². The first kappa shape index (κ1) is 56.9. The molecule has 6 N–H and O–H groups in total. The minimum atomic E-state index is -1.31. The Labute approximate surface area is 407 Å². The van der Waals surface area contributed by atoms with E-state index in [2.05, 4.69) is 20.9 Å². The summed E-state index contributed by atoms with van der Waals surface area (Å²) in [6.45, 7) is 12.9. The van der Waals surface area contributed by atoms with Gasteiger partial charge in [0.1, 0.15) is 0 Å². The SMILES string of the molecule is CCC(CC(C)(CC(C)(CC(C)(C)C(=O)N1CCC1N(C)CC)C(=O)NCCCCCC(=O)ON1C(=O)CCC1O)C(=O)NCCCNC(=O)c1ccc(C(=O)c2ccccc2)cc1)C(N)=O.[Cl-]. The number of hydrogen-bond acceptors (Lipinski definition) is 11. The third-order valence-electron chi connectivity index (χ3n) is 13.2. The van der Waals surface area contributed by atoms with Crippen molar-refractivity contribution in [3.63, 3.8) is 0 Å². The van der Waals surface area contributed by atoms with Crippen LogP contribution in [0.15, 0.2) is 54.6 Å². The quantitative estimate of drug-likeness (QED) is 0.0635. The summed E-state index contributed by atoms with van der Waals surface area (Å²) < 4.78 is 0. The summed E-state index contributed by atoms with van der Waals surface area (Å²) in [7, 11) is 1.97. The fourth-order valence-electron chi connectivity index (χ4n) is 9.28. The van der Waals surface area contributed by atoms with Crippen LogP contribution in [-0.4, -0.2) is 119 Å². The Hall–Kier alpha value is -5.39. The molecule has 5 atom stereocenters. The Morgan fingerprint density at radius 2 is 1.38 bits per heavy atom. The van der Waals surface area contributed by atoms with E-state index < -0.39 is 52.1 Å². The lowest BCUT2D eigenvalue weighted by Gasteiger charge is -2.50. The highest BCUT2D eigenvalue weighted by molar-refractivity contribution is 6.09. The number of carbonyl (C=O) groups excluding carboxylic acids is 8. The molecule has 0 aromatic heterocycles. The smallest absolute Gasteiger partial charge is 0.332 e.